The van der Waals surface area contributed by atoms with Crippen LogP contribution in [0.25, 0.3) is 0 Å². The molecule has 3 aromatic carbocycles. The molecule has 0 bridgehead atoms. The van der Waals surface area contributed by atoms with Gasteiger partial charge in [-0.25, -0.2) is 0 Å². The molecule has 0 aliphatic carbocycles. The molecule has 3 aromatic rings. The third-order valence-electron chi connectivity index (χ3n) is 7.61. The Hall–Kier alpha value is -3.49. The highest BCUT2D eigenvalue weighted by molar-refractivity contribution is 7.99. The number of fused-ring (bicyclic) bond motifs is 4. The van der Waals surface area contributed by atoms with E-state index < -0.39 is 16.4 Å². The summed E-state index contributed by atoms with van der Waals surface area (Å²) in [6.45, 7) is 1.96. The molecule has 1 spiro atoms. The van der Waals surface area contributed by atoms with Crippen molar-refractivity contribution in [2.24, 2.45) is 5.92 Å². The molecule has 0 unspecified atom stereocenters. The van der Waals surface area contributed by atoms with Crippen LogP contribution in [0.5, 0.6) is 0 Å². The second-order valence-electron chi connectivity index (χ2n) is 9.39. The fourth-order valence-electron chi connectivity index (χ4n) is 6.15. The fraction of sp³-hybridized carbons (Fsp3) is 0.259. The summed E-state index contributed by atoms with van der Waals surface area (Å²) < 4.78 is 0. The van der Waals surface area contributed by atoms with E-state index in [1.165, 1.54) is 6.07 Å². The Morgan fingerprint density at radius 3 is 2.66 bits per heavy atom. The van der Waals surface area contributed by atoms with Gasteiger partial charge in [-0.1, -0.05) is 60.2 Å². The van der Waals surface area contributed by atoms with E-state index in [2.05, 4.69) is 10.2 Å². The number of hydrogen-bond donors (Lipinski definition) is 1. The monoisotopic (exact) mass is 485 g/mol. The number of nitro benzene ring substituents is 1. The van der Waals surface area contributed by atoms with Gasteiger partial charge in [0.05, 0.1) is 10.8 Å². The molecule has 176 valence electrons. The van der Waals surface area contributed by atoms with Gasteiger partial charge in [-0.2, -0.15) is 0 Å². The molecule has 0 saturated carbocycles. The highest BCUT2D eigenvalue weighted by atomic mass is 32.2. The van der Waals surface area contributed by atoms with Crippen LogP contribution in [0.3, 0.4) is 0 Å². The number of nitro groups is 1. The number of Topliss-reactive ketones (excluding diaryl/α,β-unsaturated/α-hetero) is 1. The lowest BCUT2D eigenvalue weighted by Gasteiger charge is -2.36. The Labute approximate surface area is 206 Å². The van der Waals surface area contributed by atoms with Gasteiger partial charge in [0.15, 0.2) is 5.78 Å². The lowest BCUT2D eigenvalue weighted by Crippen LogP contribution is -2.52. The molecule has 3 aliphatic heterocycles. The summed E-state index contributed by atoms with van der Waals surface area (Å²) >= 11 is 1.72. The first kappa shape index (κ1) is 22.0. The van der Waals surface area contributed by atoms with Crippen molar-refractivity contribution in [1.29, 1.82) is 0 Å². The Kier molecular flexibility index (Phi) is 5.05. The van der Waals surface area contributed by atoms with Gasteiger partial charge in [0, 0.05) is 52.5 Å². The Morgan fingerprint density at radius 1 is 1.11 bits per heavy atom. The zero-order valence-corrected chi connectivity index (χ0v) is 19.8. The third kappa shape index (κ3) is 3.10. The summed E-state index contributed by atoms with van der Waals surface area (Å²) in [5.74, 6) is -0.0904. The van der Waals surface area contributed by atoms with E-state index in [0.29, 0.717) is 11.4 Å². The van der Waals surface area contributed by atoms with E-state index in [4.69, 9.17) is 0 Å². The number of benzene rings is 3. The van der Waals surface area contributed by atoms with Gasteiger partial charge in [-0.05, 0) is 18.6 Å². The molecule has 3 aliphatic rings. The number of hydrogen-bond acceptors (Lipinski definition) is 6. The number of non-ortho nitro benzene ring substituents is 1. The average molecular weight is 486 g/mol. The molecule has 35 heavy (non-hydrogen) atoms. The number of rotatable bonds is 4. The van der Waals surface area contributed by atoms with Crippen molar-refractivity contribution in [1.82, 2.24) is 4.90 Å². The maximum absolute atomic E-state index is 14.4. The molecule has 3 heterocycles. The molecule has 4 atom stereocenters. The largest absolute Gasteiger partial charge is 0.324 e. The van der Waals surface area contributed by atoms with E-state index in [9.17, 15) is 19.7 Å². The number of nitrogens with zero attached hydrogens (tertiary/aromatic N) is 2. The van der Waals surface area contributed by atoms with Crippen molar-refractivity contribution in [2.75, 3.05) is 16.9 Å². The second kappa shape index (κ2) is 8.03. The average Bonchev–Trinajstić information content (AvgIpc) is 3.52. The van der Waals surface area contributed by atoms with E-state index in [-0.39, 0.29) is 29.3 Å². The number of ketones is 1. The lowest BCUT2D eigenvalue weighted by molar-refractivity contribution is -0.384. The number of anilines is 1. The number of nitrogens with one attached hydrogen (secondary N) is 1. The van der Waals surface area contributed by atoms with Crippen LogP contribution in [0, 0.1) is 23.0 Å². The van der Waals surface area contributed by atoms with Gasteiger partial charge >= 0.3 is 0 Å². The van der Waals surface area contributed by atoms with E-state index in [1.54, 1.807) is 23.9 Å². The lowest BCUT2D eigenvalue weighted by atomic mass is 9.69. The highest BCUT2D eigenvalue weighted by Gasteiger charge is 2.69. The first-order valence-corrected chi connectivity index (χ1v) is 12.7. The van der Waals surface area contributed by atoms with Crippen LogP contribution >= 0.6 is 11.8 Å². The van der Waals surface area contributed by atoms with Crippen LogP contribution in [-0.4, -0.2) is 39.2 Å². The molecule has 6 rings (SSSR count). The molecular weight excluding hydrogens is 462 g/mol. The molecule has 2 fully saturated rings. The van der Waals surface area contributed by atoms with E-state index >= 15 is 0 Å². The number of amides is 1. The Balaban J connectivity index is 1.61. The summed E-state index contributed by atoms with van der Waals surface area (Å²) in [4.78, 5) is 41.6. The standard InChI is InChI=1S/C27H23N3O4S/c1-16-9-11-17(12-10-16)25(31)24-23(18-5-4-6-19(13-18)30(33)34)22-14-35-15-29(22)27(24)20-7-2-3-8-21(20)28-26(27)32/h2-13,22-24H,14-15H2,1H3,(H,28,32)/t22-,23+,24+,27+/m0/s1. The fourth-order valence-corrected chi connectivity index (χ4v) is 7.47. The normalized spacial score (nSPS) is 27.0. The van der Waals surface area contributed by atoms with E-state index in [1.807, 2.05) is 61.5 Å². The smallest absolute Gasteiger partial charge is 0.269 e. The zero-order valence-electron chi connectivity index (χ0n) is 19.0. The molecule has 1 N–H and O–H groups in total. The summed E-state index contributed by atoms with van der Waals surface area (Å²) in [6, 6.07) is 21.4. The van der Waals surface area contributed by atoms with Crippen LogP contribution in [0.4, 0.5) is 11.4 Å². The highest BCUT2D eigenvalue weighted by Crippen LogP contribution is 2.61. The van der Waals surface area contributed by atoms with E-state index in [0.717, 1.165) is 28.1 Å². The summed E-state index contributed by atoms with van der Waals surface area (Å²) in [5, 5.41) is 14.6. The van der Waals surface area contributed by atoms with Crippen LogP contribution in [0.15, 0.2) is 72.8 Å². The first-order valence-electron chi connectivity index (χ1n) is 11.5. The number of thioether (sulfide) groups is 1. The number of carbonyl (C=O) groups excluding carboxylic acids is 2. The predicted molar refractivity (Wildman–Crippen MR) is 135 cm³/mol. The van der Waals surface area contributed by atoms with Crippen molar-refractivity contribution in [2.45, 2.75) is 24.4 Å². The summed E-state index contributed by atoms with van der Waals surface area (Å²) in [5.41, 5.74) is 2.63. The topological polar surface area (TPSA) is 92.5 Å². The predicted octanol–water partition coefficient (Wildman–Crippen LogP) is 4.72. The minimum Gasteiger partial charge on any atom is -0.324 e. The van der Waals surface area contributed by atoms with Gasteiger partial charge in [0.1, 0.15) is 5.54 Å². The van der Waals surface area contributed by atoms with Crippen molar-refractivity contribution in [3.63, 3.8) is 0 Å². The molecule has 2 saturated heterocycles. The van der Waals surface area contributed by atoms with Gasteiger partial charge in [0.25, 0.3) is 5.69 Å². The van der Waals surface area contributed by atoms with Crippen LogP contribution in [0.2, 0.25) is 0 Å². The Bertz CT molecular complexity index is 1370. The Morgan fingerprint density at radius 2 is 1.89 bits per heavy atom. The maximum atomic E-state index is 14.4. The number of carbonyl (C=O) groups is 2. The molecular formula is C27H23N3O4S. The first-order chi connectivity index (χ1) is 16.9. The minimum atomic E-state index is -1.18. The van der Waals surface area contributed by atoms with Crippen molar-refractivity contribution in [3.05, 3.63) is 105 Å². The van der Waals surface area contributed by atoms with Crippen LogP contribution in [0.1, 0.15) is 33.0 Å². The third-order valence-corrected chi connectivity index (χ3v) is 8.65. The van der Waals surface area contributed by atoms with Crippen molar-refractivity contribution in [3.8, 4) is 0 Å². The quantitative estimate of drug-likeness (QED) is 0.327. The number of aryl methyl sites for hydroxylation is 1. The molecule has 7 nitrogen and oxygen atoms in total. The van der Waals surface area contributed by atoms with Crippen molar-refractivity contribution < 1.29 is 14.5 Å². The molecule has 0 aromatic heterocycles. The van der Waals surface area contributed by atoms with Crippen LogP contribution in [-0.2, 0) is 10.3 Å². The van der Waals surface area contributed by atoms with Crippen molar-refractivity contribution >= 4 is 34.8 Å². The summed E-state index contributed by atoms with van der Waals surface area (Å²) in [6.07, 6.45) is 0. The molecule has 0 radical (unpaired) electrons. The summed E-state index contributed by atoms with van der Waals surface area (Å²) in [7, 11) is 0. The zero-order chi connectivity index (χ0) is 24.3. The maximum Gasteiger partial charge on any atom is 0.269 e. The molecule has 1 amide bonds. The van der Waals surface area contributed by atoms with Gasteiger partial charge in [0.2, 0.25) is 5.91 Å². The van der Waals surface area contributed by atoms with Gasteiger partial charge < -0.3 is 5.32 Å². The molecule has 8 heteroatoms. The van der Waals surface area contributed by atoms with Crippen LogP contribution < -0.4 is 5.32 Å². The minimum absolute atomic E-state index is 0.0153. The second-order valence-corrected chi connectivity index (χ2v) is 10.4. The van der Waals surface area contributed by atoms with Gasteiger partial charge in [-0.15, -0.1) is 11.8 Å². The number of para-hydroxylation sites is 1. The van der Waals surface area contributed by atoms with Gasteiger partial charge in [-0.3, -0.25) is 24.6 Å². The SMILES string of the molecule is Cc1ccc(C(=O)[C@H]2[C@H](c3cccc([N+](=O)[O-])c3)[C@@H]3CSCN3[C@@]23C(=O)Nc2ccccc23)cc1.